The lowest BCUT2D eigenvalue weighted by Gasteiger charge is -2.08. The Balaban J connectivity index is 2.03. The number of hydrogen-bond acceptors (Lipinski definition) is 7. The second-order valence-corrected chi connectivity index (χ2v) is 15.3. The molecule has 2 aromatic carbocycles. The molecule has 0 saturated carbocycles. The first kappa shape index (κ1) is 48.3. The zero-order chi connectivity index (χ0) is 40.5. The van der Waals surface area contributed by atoms with E-state index >= 15 is 0 Å². The number of rotatable bonds is 32. The van der Waals surface area contributed by atoms with Crippen molar-refractivity contribution in [3.05, 3.63) is 94.7 Å². The number of allylic oxidation sites excluding steroid dienone is 2. The first-order chi connectivity index (χ1) is 27.4. The van der Waals surface area contributed by atoms with Gasteiger partial charge in [0.2, 0.25) is 0 Å². The minimum absolute atomic E-state index is 0.0433. The van der Waals surface area contributed by atoms with Gasteiger partial charge >= 0.3 is 20.4 Å². The molecule has 56 heavy (non-hydrogen) atoms. The number of alkyl carbamates (subject to hydrolysis) is 2. The maximum atomic E-state index is 13.2. The van der Waals surface area contributed by atoms with E-state index in [9.17, 15) is 14.2 Å². The molecular weight excluding hydrogens is 723 g/mol. The number of carbonyl (C=O) groups is 2. The summed E-state index contributed by atoms with van der Waals surface area (Å²) in [5.74, 6) is -0.0866. The van der Waals surface area contributed by atoms with Gasteiger partial charge in [-0.2, -0.15) is 0 Å². The molecule has 0 spiro atoms. The highest BCUT2D eigenvalue weighted by molar-refractivity contribution is 7.33. The van der Waals surface area contributed by atoms with Crippen LogP contribution in [0.25, 0.3) is 0 Å². The van der Waals surface area contributed by atoms with Gasteiger partial charge in [-0.05, 0) is 98.6 Å². The molecule has 2 N–H and O–H groups in total. The van der Waals surface area contributed by atoms with E-state index < -0.39 is 20.4 Å². The summed E-state index contributed by atoms with van der Waals surface area (Å²) in [6, 6.07) is 17.2. The Morgan fingerprint density at radius 2 is 0.804 bits per heavy atom. The minimum atomic E-state index is -2.85. The Bertz CT molecular complexity index is 1300. The third-order valence-electron chi connectivity index (χ3n) is 9.47. The maximum absolute atomic E-state index is 13.2. The summed E-state index contributed by atoms with van der Waals surface area (Å²) in [5.41, 5.74) is 4.94. The average Bonchev–Trinajstić information content (AvgIpc) is 3.18. The van der Waals surface area contributed by atoms with E-state index in [1.54, 1.807) is 12.2 Å². The fourth-order valence-corrected chi connectivity index (χ4v) is 6.60. The molecular formula is C46H72N2O7P+. The Morgan fingerprint density at radius 1 is 0.482 bits per heavy atom. The molecule has 0 radical (unpaired) electrons. The third kappa shape index (κ3) is 24.6. The van der Waals surface area contributed by atoms with Gasteiger partial charge < -0.3 is 9.47 Å². The molecule has 0 unspecified atom stereocenters. The molecule has 0 aromatic heterocycles. The van der Waals surface area contributed by atoms with Gasteiger partial charge in [0.15, 0.2) is 0 Å². The van der Waals surface area contributed by atoms with Gasteiger partial charge in [-0.15, -0.1) is 0 Å². The molecule has 0 heterocycles. The number of ether oxygens (including phenoxy) is 2. The van der Waals surface area contributed by atoms with Gasteiger partial charge in [0.25, 0.3) is 11.8 Å². The SMILES string of the molecule is CCCCCCCCc1ccc(CC/C=C(\NC(=O)OCCCC)O[P+](=O)O/C(=C/CCc2ccc(CCCCCCCC)cc2)NC(=O)OCCCC)cc1. The van der Waals surface area contributed by atoms with Gasteiger partial charge in [-0.1, -0.05) is 153 Å². The second-order valence-electron chi connectivity index (χ2n) is 14.5. The summed E-state index contributed by atoms with van der Waals surface area (Å²) >= 11 is 0. The lowest BCUT2D eigenvalue weighted by Crippen LogP contribution is -2.26. The van der Waals surface area contributed by atoms with Crippen LogP contribution in [0.15, 0.2) is 72.4 Å². The van der Waals surface area contributed by atoms with Crippen molar-refractivity contribution in [2.75, 3.05) is 13.2 Å². The van der Waals surface area contributed by atoms with Gasteiger partial charge in [0, 0.05) is 4.57 Å². The summed E-state index contributed by atoms with van der Waals surface area (Å²) in [4.78, 5) is 25.1. The van der Waals surface area contributed by atoms with Crippen LogP contribution >= 0.6 is 8.25 Å². The number of carbonyl (C=O) groups excluding carboxylic acids is 2. The smallest absolute Gasteiger partial charge is 0.449 e. The molecule has 10 heteroatoms. The van der Waals surface area contributed by atoms with Crippen LogP contribution in [-0.2, 0) is 48.8 Å². The zero-order valence-corrected chi connectivity index (χ0v) is 35.9. The van der Waals surface area contributed by atoms with E-state index in [1.807, 2.05) is 13.8 Å². The highest BCUT2D eigenvalue weighted by Crippen LogP contribution is 2.30. The molecule has 2 rings (SSSR count). The van der Waals surface area contributed by atoms with Crippen molar-refractivity contribution in [1.29, 1.82) is 0 Å². The van der Waals surface area contributed by atoms with E-state index in [0.717, 1.165) is 49.7 Å². The minimum Gasteiger partial charge on any atom is -0.449 e. The Kier molecular flexibility index (Phi) is 27.8. The van der Waals surface area contributed by atoms with Crippen LogP contribution in [0.3, 0.4) is 0 Å². The van der Waals surface area contributed by atoms with Crippen LogP contribution in [0, 0.1) is 0 Å². The topological polar surface area (TPSA) is 112 Å². The van der Waals surface area contributed by atoms with E-state index in [0.29, 0.717) is 25.7 Å². The number of hydrogen-bond donors (Lipinski definition) is 2. The summed E-state index contributed by atoms with van der Waals surface area (Å²) < 4.78 is 35.0. The highest BCUT2D eigenvalue weighted by Gasteiger charge is 2.29. The van der Waals surface area contributed by atoms with Crippen molar-refractivity contribution in [1.82, 2.24) is 10.6 Å². The maximum Gasteiger partial charge on any atom is 0.808 e. The van der Waals surface area contributed by atoms with Gasteiger partial charge in [0.05, 0.1) is 13.2 Å². The normalized spacial score (nSPS) is 11.9. The number of nitrogens with one attached hydrogen (secondary N) is 2. The van der Waals surface area contributed by atoms with Gasteiger partial charge in [0.1, 0.15) is 0 Å². The Hall–Kier alpha value is -3.84. The molecule has 9 nitrogen and oxygen atoms in total. The van der Waals surface area contributed by atoms with Gasteiger partial charge in [-0.3, -0.25) is 10.6 Å². The standard InChI is InChI=1S/C46H71N2O7P/c1-5-9-13-15-17-19-23-39-29-33-41(34-30-39)25-21-27-43(47-45(49)52-37-11-7-3)54-56(51)55-44(48-46(50)53-38-12-8-4)28-22-26-42-35-31-40(32-36-42)24-20-18-16-14-10-6-2/h27-36H,5-26,37-38H2,1-4H3,(H-,47,48,49,50)/p+1/b43-27+,44-28+. The average molecular weight is 796 g/mol. The van der Waals surface area contributed by atoms with Crippen molar-refractivity contribution in [2.45, 2.75) is 169 Å². The Morgan fingerprint density at radius 3 is 1.16 bits per heavy atom. The van der Waals surface area contributed by atoms with Crippen LogP contribution in [0.1, 0.15) is 166 Å². The number of aryl methyl sites for hydroxylation is 4. The quantitative estimate of drug-likeness (QED) is 0.0431. The molecule has 0 aliphatic rings. The fraction of sp³-hybridized carbons (Fsp3) is 0.609. The first-order valence-electron chi connectivity index (χ1n) is 21.6. The molecule has 0 saturated heterocycles. The predicted molar refractivity (Wildman–Crippen MR) is 228 cm³/mol. The van der Waals surface area contributed by atoms with Crippen molar-refractivity contribution < 1.29 is 32.7 Å². The van der Waals surface area contributed by atoms with Crippen molar-refractivity contribution in [3.8, 4) is 0 Å². The van der Waals surface area contributed by atoms with Crippen molar-refractivity contribution >= 4 is 20.4 Å². The first-order valence-corrected chi connectivity index (χ1v) is 22.7. The zero-order valence-electron chi connectivity index (χ0n) is 35.0. The van der Waals surface area contributed by atoms with E-state index in [-0.39, 0.29) is 25.0 Å². The molecule has 2 amide bonds. The number of unbranched alkanes of at least 4 members (excludes halogenated alkanes) is 12. The molecule has 0 aliphatic heterocycles. The highest BCUT2D eigenvalue weighted by atomic mass is 31.1. The molecule has 312 valence electrons. The van der Waals surface area contributed by atoms with Crippen LogP contribution in [0.4, 0.5) is 9.59 Å². The number of amides is 2. The summed E-state index contributed by atoms with van der Waals surface area (Å²) in [7, 11) is -2.85. The summed E-state index contributed by atoms with van der Waals surface area (Å²) in [5, 5.41) is 5.13. The summed E-state index contributed by atoms with van der Waals surface area (Å²) in [6.07, 6.45) is 24.9. The Labute approximate surface area is 339 Å². The largest absolute Gasteiger partial charge is 0.808 e. The fourth-order valence-electron chi connectivity index (χ4n) is 6.00. The summed E-state index contributed by atoms with van der Waals surface area (Å²) in [6.45, 7) is 8.99. The lowest BCUT2D eigenvalue weighted by atomic mass is 10.0. The van der Waals surface area contributed by atoms with Crippen molar-refractivity contribution in [3.63, 3.8) is 0 Å². The predicted octanol–water partition coefficient (Wildman–Crippen LogP) is 13.5. The molecule has 2 aromatic rings. The van der Waals surface area contributed by atoms with Crippen LogP contribution in [0.2, 0.25) is 0 Å². The number of benzene rings is 2. The molecule has 0 aliphatic carbocycles. The second kappa shape index (κ2) is 32.3. The monoisotopic (exact) mass is 796 g/mol. The third-order valence-corrected chi connectivity index (χ3v) is 10.2. The van der Waals surface area contributed by atoms with Crippen molar-refractivity contribution in [2.24, 2.45) is 0 Å². The molecule has 0 fully saturated rings. The van der Waals surface area contributed by atoms with Crippen LogP contribution in [0.5, 0.6) is 0 Å². The van der Waals surface area contributed by atoms with Crippen LogP contribution < -0.4 is 10.6 Å². The van der Waals surface area contributed by atoms with E-state index in [4.69, 9.17) is 18.5 Å². The van der Waals surface area contributed by atoms with Gasteiger partial charge in [-0.25, -0.2) is 18.6 Å². The molecule has 0 bridgehead atoms. The molecule has 0 atom stereocenters. The van der Waals surface area contributed by atoms with Crippen LogP contribution in [-0.4, -0.2) is 25.4 Å². The van der Waals surface area contributed by atoms with E-state index in [2.05, 4.69) is 73.0 Å². The van der Waals surface area contributed by atoms with E-state index in [1.165, 1.54) is 88.2 Å². The lowest BCUT2D eigenvalue weighted by molar-refractivity contribution is 0.141.